The molecule has 0 radical (unpaired) electrons. The molecule has 3 N–H and O–H groups in total. The van der Waals surface area contributed by atoms with Crippen LogP contribution in [-0.4, -0.2) is 30.0 Å². The van der Waals surface area contributed by atoms with Gasteiger partial charge in [-0.25, -0.2) is 0 Å². The van der Waals surface area contributed by atoms with Gasteiger partial charge in [-0.15, -0.1) is 0 Å². The lowest BCUT2D eigenvalue weighted by Crippen LogP contribution is -2.29. The van der Waals surface area contributed by atoms with Crippen molar-refractivity contribution in [2.24, 2.45) is 5.41 Å². The van der Waals surface area contributed by atoms with Crippen LogP contribution in [-0.2, 0) is 6.42 Å². The molecule has 0 amide bonds. The second kappa shape index (κ2) is 7.39. The van der Waals surface area contributed by atoms with Crippen molar-refractivity contribution in [3.63, 3.8) is 0 Å². The summed E-state index contributed by atoms with van der Waals surface area (Å²) in [7, 11) is 0. The van der Waals surface area contributed by atoms with E-state index in [0.29, 0.717) is 0 Å². The summed E-state index contributed by atoms with van der Waals surface area (Å²) in [5, 5.41) is 21.6. The Labute approximate surface area is 110 Å². The zero-order valence-electron chi connectivity index (χ0n) is 11.4. The Balaban J connectivity index is 2.56. The molecule has 18 heavy (non-hydrogen) atoms. The summed E-state index contributed by atoms with van der Waals surface area (Å²) in [5.74, 6) is 0. The number of hydrogen-bond donors (Lipinski definition) is 3. The van der Waals surface area contributed by atoms with Crippen molar-refractivity contribution in [2.45, 2.75) is 33.1 Å². The Kier molecular flexibility index (Phi) is 6.16. The molecule has 0 aliphatic carbocycles. The lowest BCUT2D eigenvalue weighted by Gasteiger charge is -2.26. The first kappa shape index (κ1) is 15.0. The van der Waals surface area contributed by atoms with Crippen LogP contribution in [0.25, 0.3) is 0 Å². The first-order valence-electron chi connectivity index (χ1n) is 6.68. The predicted octanol–water partition coefficient (Wildman–Crippen LogP) is 2.43. The Hall–Kier alpha value is -1.06. The summed E-state index contributed by atoms with van der Waals surface area (Å²) in [6, 6.07) is 8.25. The standard InChI is InChI=1S/C15H25NO2/c1-3-15(2,12-18)11-16-14-8-4-6-13(10-14)7-5-9-17/h4,6,8,10,16-18H,3,5,7,9,11-12H2,1-2H3. The lowest BCUT2D eigenvalue weighted by atomic mass is 9.88. The van der Waals surface area contributed by atoms with Gasteiger partial charge in [0.1, 0.15) is 0 Å². The molecule has 0 aliphatic rings. The molecule has 0 heterocycles. The number of hydrogen-bond acceptors (Lipinski definition) is 3. The minimum absolute atomic E-state index is 0.0683. The van der Waals surface area contributed by atoms with Crippen molar-refractivity contribution < 1.29 is 10.2 Å². The van der Waals surface area contributed by atoms with Crippen molar-refractivity contribution in [3.8, 4) is 0 Å². The molecule has 0 aromatic heterocycles. The molecule has 0 fully saturated rings. The van der Waals surface area contributed by atoms with E-state index in [9.17, 15) is 5.11 Å². The van der Waals surface area contributed by atoms with Crippen LogP contribution in [0.5, 0.6) is 0 Å². The summed E-state index contributed by atoms with van der Waals surface area (Å²) < 4.78 is 0. The molecule has 1 atom stereocenters. The first-order valence-corrected chi connectivity index (χ1v) is 6.68. The highest BCUT2D eigenvalue weighted by atomic mass is 16.3. The summed E-state index contributed by atoms with van der Waals surface area (Å²) in [6.07, 6.45) is 2.64. The number of aryl methyl sites for hydroxylation is 1. The van der Waals surface area contributed by atoms with E-state index < -0.39 is 0 Å². The smallest absolute Gasteiger partial charge is 0.0501 e. The molecule has 1 unspecified atom stereocenters. The molecule has 0 aliphatic heterocycles. The lowest BCUT2D eigenvalue weighted by molar-refractivity contribution is 0.149. The molecule has 3 heteroatoms. The van der Waals surface area contributed by atoms with Crippen LogP contribution in [0.3, 0.4) is 0 Å². The normalized spacial score (nSPS) is 14.2. The maximum absolute atomic E-state index is 9.37. The van der Waals surface area contributed by atoms with Crippen LogP contribution < -0.4 is 5.32 Å². The highest BCUT2D eigenvalue weighted by molar-refractivity contribution is 5.46. The van der Waals surface area contributed by atoms with Crippen LogP contribution in [0.1, 0.15) is 32.3 Å². The van der Waals surface area contributed by atoms with E-state index in [1.807, 2.05) is 12.1 Å². The predicted molar refractivity (Wildman–Crippen MR) is 75.8 cm³/mol. The zero-order chi connectivity index (χ0) is 13.4. The highest BCUT2D eigenvalue weighted by Gasteiger charge is 2.20. The van der Waals surface area contributed by atoms with Crippen LogP contribution in [0.4, 0.5) is 5.69 Å². The summed E-state index contributed by atoms with van der Waals surface area (Å²) in [6.45, 7) is 5.37. The van der Waals surface area contributed by atoms with E-state index >= 15 is 0 Å². The van der Waals surface area contributed by atoms with Gasteiger partial charge >= 0.3 is 0 Å². The van der Waals surface area contributed by atoms with E-state index in [1.54, 1.807) is 0 Å². The second-order valence-electron chi connectivity index (χ2n) is 5.20. The maximum Gasteiger partial charge on any atom is 0.0501 e. The van der Waals surface area contributed by atoms with Gasteiger partial charge in [-0.3, -0.25) is 0 Å². The van der Waals surface area contributed by atoms with Crippen LogP contribution in [0, 0.1) is 5.41 Å². The topological polar surface area (TPSA) is 52.5 Å². The van der Waals surface area contributed by atoms with Gasteiger partial charge in [-0.2, -0.15) is 0 Å². The molecule has 0 saturated heterocycles. The fourth-order valence-corrected chi connectivity index (χ4v) is 1.73. The molecule has 0 saturated carbocycles. The summed E-state index contributed by atoms with van der Waals surface area (Å²) >= 11 is 0. The minimum Gasteiger partial charge on any atom is -0.396 e. The third-order valence-corrected chi connectivity index (χ3v) is 3.51. The number of aliphatic hydroxyl groups excluding tert-OH is 2. The van der Waals surface area contributed by atoms with E-state index in [1.165, 1.54) is 5.56 Å². The summed E-state index contributed by atoms with van der Waals surface area (Å²) in [4.78, 5) is 0. The zero-order valence-corrected chi connectivity index (χ0v) is 11.4. The quantitative estimate of drug-likeness (QED) is 0.665. The van der Waals surface area contributed by atoms with Crippen LogP contribution >= 0.6 is 0 Å². The molecule has 0 bridgehead atoms. The van der Waals surface area contributed by atoms with Crippen molar-refractivity contribution >= 4 is 5.69 Å². The Morgan fingerprint density at radius 2 is 2.06 bits per heavy atom. The van der Waals surface area contributed by atoms with Gasteiger partial charge in [0.2, 0.25) is 0 Å². The number of aliphatic hydroxyl groups is 2. The van der Waals surface area contributed by atoms with Gasteiger partial charge in [-0.1, -0.05) is 26.0 Å². The highest BCUT2D eigenvalue weighted by Crippen LogP contribution is 2.21. The van der Waals surface area contributed by atoms with Gasteiger partial charge in [0.05, 0.1) is 6.61 Å². The molecule has 3 nitrogen and oxygen atoms in total. The van der Waals surface area contributed by atoms with Gasteiger partial charge in [0.15, 0.2) is 0 Å². The van der Waals surface area contributed by atoms with Gasteiger partial charge in [0.25, 0.3) is 0 Å². The van der Waals surface area contributed by atoms with E-state index in [2.05, 4.69) is 31.3 Å². The number of anilines is 1. The first-order chi connectivity index (χ1) is 8.63. The van der Waals surface area contributed by atoms with Gasteiger partial charge in [-0.05, 0) is 37.0 Å². The van der Waals surface area contributed by atoms with Crippen LogP contribution in [0.2, 0.25) is 0 Å². The Morgan fingerprint density at radius 3 is 2.67 bits per heavy atom. The third-order valence-electron chi connectivity index (χ3n) is 3.51. The largest absolute Gasteiger partial charge is 0.396 e. The molecule has 1 aromatic rings. The average molecular weight is 251 g/mol. The SMILES string of the molecule is CCC(C)(CO)CNc1cccc(CCCO)c1. The van der Waals surface area contributed by atoms with E-state index in [-0.39, 0.29) is 18.6 Å². The van der Waals surface area contributed by atoms with Crippen molar-refractivity contribution in [2.75, 3.05) is 25.1 Å². The van der Waals surface area contributed by atoms with E-state index in [0.717, 1.165) is 31.5 Å². The van der Waals surface area contributed by atoms with Crippen molar-refractivity contribution in [3.05, 3.63) is 29.8 Å². The maximum atomic E-state index is 9.37. The molecule has 1 aromatic carbocycles. The fraction of sp³-hybridized carbons (Fsp3) is 0.600. The fourth-order valence-electron chi connectivity index (χ4n) is 1.73. The Bertz CT molecular complexity index is 348. The average Bonchev–Trinajstić information content (AvgIpc) is 2.43. The molecular formula is C15H25NO2. The molecular weight excluding hydrogens is 226 g/mol. The number of benzene rings is 1. The molecule has 0 spiro atoms. The monoisotopic (exact) mass is 251 g/mol. The minimum atomic E-state index is -0.0683. The number of nitrogens with one attached hydrogen (secondary N) is 1. The molecule has 1 rings (SSSR count). The van der Waals surface area contributed by atoms with E-state index in [4.69, 9.17) is 5.11 Å². The second-order valence-corrected chi connectivity index (χ2v) is 5.20. The third kappa shape index (κ3) is 4.67. The van der Waals surface area contributed by atoms with Gasteiger partial charge < -0.3 is 15.5 Å². The van der Waals surface area contributed by atoms with Gasteiger partial charge in [0, 0.05) is 24.3 Å². The molecule has 102 valence electrons. The van der Waals surface area contributed by atoms with Crippen LogP contribution in [0.15, 0.2) is 24.3 Å². The summed E-state index contributed by atoms with van der Waals surface area (Å²) in [5.41, 5.74) is 2.25. The number of rotatable bonds is 8. The van der Waals surface area contributed by atoms with Crippen molar-refractivity contribution in [1.82, 2.24) is 0 Å². The van der Waals surface area contributed by atoms with Crippen molar-refractivity contribution in [1.29, 1.82) is 0 Å². The Morgan fingerprint density at radius 1 is 1.28 bits per heavy atom.